The predicted octanol–water partition coefficient (Wildman–Crippen LogP) is 33.3. The van der Waals surface area contributed by atoms with Gasteiger partial charge in [-0.1, -0.05) is 376 Å². The van der Waals surface area contributed by atoms with E-state index in [1.807, 2.05) is 18.2 Å². The lowest BCUT2D eigenvalue weighted by molar-refractivity contribution is 0.436. The van der Waals surface area contributed by atoms with Crippen LogP contribution in [0.25, 0.3) is 189 Å². The average Bonchev–Trinajstić information content (AvgIpc) is 1.56. The topological polar surface area (TPSA) is 105 Å². The smallest absolute Gasteiger partial charge is 0.160 e. The fourth-order valence-electron chi connectivity index (χ4n) is 24.9. The van der Waals surface area contributed by atoms with Gasteiger partial charge in [0.15, 0.2) is 5.82 Å². The van der Waals surface area contributed by atoms with Crippen molar-refractivity contribution in [1.82, 2.24) is 30.4 Å². The molecule has 9 nitrogen and oxygen atoms in total. The number of hydrogen-bond acceptors (Lipinski definition) is 9. The van der Waals surface area contributed by atoms with Crippen molar-refractivity contribution >= 4 is 32.4 Å². The van der Waals surface area contributed by atoms with E-state index in [4.69, 9.17) is 44.6 Å². The Morgan fingerprint density at radius 3 is 1.04 bits per heavy atom. The van der Waals surface area contributed by atoms with Crippen molar-refractivity contribution in [2.75, 3.05) is 0 Å². The monoisotopic (exact) mass is 1830 g/mol. The predicted molar refractivity (Wildman–Crippen MR) is 578 cm³/mol. The van der Waals surface area contributed by atoms with Gasteiger partial charge in [-0.3, -0.25) is 0 Å². The lowest BCUT2D eigenvalue weighted by Crippen LogP contribution is -2.32. The highest BCUT2D eigenvalue weighted by molar-refractivity contribution is 6.10. The van der Waals surface area contributed by atoms with Crippen LogP contribution in [0.1, 0.15) is 66.8 Å². The Hall–Kier alpha value is -19.0. The van der Waals surface area contributed by atoms with Crippen molar-refractivity contribution in [2.45, 2.75) is 16.2 Å². The first kappa shape index (κ1) is 81.1. The summed E-state index contributed by atoms with van der Waals surface area (Å²) in [5.41, 5.74) is 39.7. The Balaban J connectivity index is 0.575. The summed E-state index contributed by atoms with van der Waals surface area (Å²) in [5.74, 6) is 5.44. The first-order valence-electron chi connectivity index (χ1n) is 49.1. The largest absolute Gasteiger partial charge is 0.457 e. The minimum Gasteiger partial charge on any atom is -0.457 e. The SMILES string of the molecule is c1ccc(-c2ccc(-c3cc(-c4ccc5c(c4)Oc4ccccc4C54c5ccccc5-c5ccccc54)cc(-c4cccc5c(-c6nc(-c7cccc(-c8ccc9c(c8)Oc8ccccc8C98c9ccccc9-c9ccccc98)c7)nc7ccc(-c8ccc9c(c8)C8(c%10ccc(-c%11cccc(-c%12ccc(-c%13cccc%14ccccc%13%14)nn%12)c%11)cc%10O9)c9ccccc9-c9ccccc98)cc67)cccc45)c3)nn2)cc1. The van der Waals surface area contributed by atoms with Gasteiger partial charge in [-0.25, -0.2) is 9.97 Å². The van der Waals surface area contributed by atoms with Crippen LogP contribution in [0.3, 0.4) is 0 Å². The molecule has 6 aliphatic rings. The van der Waals surface area contributed by atoms with Crippen LogP contribution in [0.4, 0.5) is 0 Å². The van der Waals surface area contributed by atoms with Crippen LogP contribution in [-0.2, 0) is 16.2 Å². The number of nitrogens with zero attached hydrogens (tertiary/aromatic N) is 6. The summed E-state index contributed by atoms with van der Waals surface area (Å²) in [6.07, 6.45) is 0. The Morgan fingerprint density at radius 2 is 0.486 bits per heavy atom. The molecule has 0 saturated heterocycles. The molecule has 0 bridgehead atoms. The highest BCUT2D eigenvalue weighted by Crippen LogP contribution is 2.67. The molecule has 3 aliphatic heterocycles. The van der Waals surface area contributed by atoms with Crippen LogP contribution in [0.5, 0.6) is 34.5 Å². The fraction of sp³-hybridized carbons (Fsp3) is 0.0222. The van der Waals surface area contributed by atoms with Crippen molar-refractivity contribution in [3.63, 3.8) is 0 Å². The third-order valence-electron chi connectivity index (χ3n) is 31.1. The maximum absolute atomic E-state index is 7.43. The van der Waals surface area contributed by atoms with Crippen LogP contribution in [0, 0.1) is 0 Å². The summed E-state index contributed by atoms with van der Waals surface area (Å²) >= 11 is 0. The summed E-state index contributed by atoms with van der Waals surface area (Å²) in [6, 6.07) is 175. The average molecular weight is 1830 g/mol. The van der Waals surface area contributed by atoms with Crippen LogP contribution < -0.4 is 14.2 Å². The Morgan fingerprint density at radius 1 is 0.153 bits per heavy atom. The van der Waals surface area contributed by atoms with Gasteiger partial charge >= 0.3 is 0 Å². The molecule has 0 saturated carbocycles. The van der Waals surface area contributed by atoms with E-state index in [0.29, 0.717) is 5.82 Å². The summed E-state index contributed by atoms with van der Waals surface area (Å²) in [5, 5.41) is 24.9. The standard InChI is InChI=1S/C135H80N6O3/c1-2-28-82(29-3-1)120-66-67-122(140-138-120)94-74-92(89-59-64-117-130(80-89)143-126-56-21-19-54-115(126)134(117)110-49-14-8-38-101(110)102-39-9-15-50-111(102)134)73-93(75-94)96-42-25-44-98-97(96)43-26-46-106(98)131-107-76-85(60-65-123(107)136-132(137-131)91-34-23-32-84(72-91)88-57-62-116-128(79-88)142-125-55-20-18-53-114(125)133(116)108-47-12-6-36-99(108)100-37-7-13-48-109(100)133)86-61-70-127-119(77-86)135(112-51-16-10-40-103(112)104-41-11-17-52-113(104)135)118-63-58-87(78-129(118)144-127)83-31-22-33-90(71-83)121-68-69-124(141-139-121)105-45-24-30-81-27-4-5-35-95(81)105/h1-80H. The van der Waals surface area contributed by atoms with Crippen LogP contribution >= 0.6 is 0 Å². The van der Waals surface area contributed by atoms with Gasteiger partial charge in [0.1, 0.15) is 34.5 Å². The summed E-state index contributed by atoms with van der Waals surface area (Å²) < 4.78 is 21.8. The number of para-hydroxylation sites is 2. The molecular weight excluding hydrogens is 1750 g/mol. The van der Waals surface area contributed by atoms with E-state index in [0.717, 1.165) is 218 Å². The Bertz CT molecular complexity index is 9460. The molecule has 24 aromatic rings. The van der Waals surface area contributed by atoms with E-state index in [1.54, 1.807) is 0 Å². The lowest BCUT2D eigenvalue weighted by Gasteiger charge is -2.40. The van der Waals surface area contributed by atoms with E-state index < -0.39 is 16.2 Å². The van der Waals surface area contributed by atoms with Crippen molar-refractivity contribution in [3.05, 3.63) is 552 Å². The molecule has 9 heteroatoms. The van der Waals surface area contributed by atoms with Crippen LogP contribution in [-0.4, -0.2) is 30.4 Å². The number of aromatic nitrogens is 6. The number of ether oxygens (including phenoxy) is 3. The van der Waals surface area contributed by atoms with Gasteiger partial charge in [0.05, 0.1) is 50.2 Å². The molecule has 668 valence electrons. The van der Waals surface area contributed by atoms with Gasteiger partial charge < -0.3 is 14.2 Å². The minimum atomic E-state index is -0.792. The molecular formula is C135H80N6O3. The third kappa shape index (κ3) is 12.0. The molecule has 0 amide bonds. The summed E-state index contributed by atoms with van der Waals surface area (Å²) in [4.78, 5) is 11.7. The first-order valence-corrected chi connectivity index (χ1v) is 49.1. The molecule has 3 spiro atoms. The van der Waals surface area contributed by atoms with Gasteiger partial charge in [-0.05, 0) is 253 Å². The molecule has 0 radical (unpaired) electrons. The zero-order valence-corrected chi connectivity index (χ0v) is 77.6. The highest BCUT2D eigenvalue weighted by Gasteiger charge is 2.55. The molecule has 144 heavy (non-hydrogen) atoms. The molecule has 0 atom stereocenters. The maximum atomic E-state index is 7.43. The number of rotatable bonds is 11. The van der Waals surface area contributed by atoms with Crippen LogP contribution in [0.2, 0.25) is 0 Å². The number of hydrogen-bond donors (Lipinski definition) is 0. The zero-order valence-electron chi connectivity index (χ0n) is 77.6. The van der Waals surface area contributed by atoms with Crippen LogP contribution in [0.15, 0.2) is 485 Å². The quantitative estimate of drug-likeness (QED) is 0.125. The Labute approximate surface area is 830 Å². The molecule has 30 rings (SSSR count). The van der Waals surface area contributed by atoms with Gasteiger partial charge in [0, 0.05) is 72.1 Å². The van der Waals surface area contributed by atoms with E-state index in [2.05, 4.69) is 467 Å². The van der Waals surface area contributed by atoms with Gasteiger partial charge in [0.2, 0.25) is 0 Å². The maximum Gasteiger partial charge on any atom is 0.160 e. The Kier molecular flexibility index (Phi) is 17.8. The highest BCUT2D eigenvalue weighted by atomic mass is 16.5. The number of fused-ring (bicyclic) bond motifs is 30. The van der Waals surface area contributed by atoms with E-state index in [9.17, 15) is 0 Å². The minimum absolute atomic E-state index is 0.584. The third-order valence-corrected chi connectivity index (χ3v) is 31.1. The second-order valence-corrected chi connectivity index (χ2v) is 38.5. The van der Waals surface area contributed by atoms with Crippen molar-refractivity contribution in [2.24, 2.45) is 0 Å². The molecule has 0 fully saturated rings. The lowest BCUT2D eigenvalue weighted by atomic mass is 9.65. The second kappa shape index (κ2) is 31.5. The van der Waals surface area contributed by atoms with Gasteiger partial charge in [0.25, 0.3) is 0 Å². The number of benzene rings is 21. The molecule has 3 aliphatic carbocycles. The van der Waals surface area contributed by atoms with E-state index >= 15 is 0 Å². The van der Waals surface area contributed by atoms with Gasteiger partial charge in [-0.15, -0.1) is 20.4 Å². The molecule has 21 aromatic carbocycles. The van der Waals surface area contributed by atoms with E-state index in [-0.39, 0.29) is 0 Å². The molecule has 0 unspecified atom stereocenters. The first-order chi connectivity index (χ1) is 71.3. The molecule has 0 N–H and O–H groups in total. The van der Waals surface area contributed by atoms with Crippen molar-refractivity contribution in [3.8, 4) is 191 Å². The summed E-state index contributed by atoms with van der Waals surface area (Å²) in [6.45, 7) is 0. The van der Waals surface area contributed by atoms with E-state index in [1.165, 1.54) is 66.8 Å². The fourth-order valence-corrected chi connectivity index (χ4v) is 24.9. The zero-order chi connectivity index (χ0) is 94.5. The molecule has 3 aromatic heterocycles. The van der Waals surface area contributed by atoms with Gasteiger partial charge in [-0.2, -0.15) is 0 Å². The second-order valence-electron chi connectivity index (χ2n) is 38.5. The molecule has 6 heterocycles. The van der Waals surface area contributed by atoms with Crippen molar-refractivity contribution in [1.29, 1.82) is 0 Å². The normalized spacial score (nSPS) is 13.6. The summed E-state index contributed by atoms with van der Waals surface area (Å²) in [7, 11) is 0. The van der Waals surface area contributed by atoms with Crippen molar-refractivity contribution < 1.29 is 14.2 Å².